The van der Waals surface area contributed by atoms with Gasteiger partial charge in [-0.3, -0.25) is 0 Å². The summed E-state index contributed by atoms with van der Waals surface area (Å²) < 4.78 is 0. The van der Waals surface area contributed by atoms with Crippen LogP contribution in [0.4, 0.5) is 17.1 Å². The molecule has 0 aliphatic carbocycles. The molecule has 12 aromatic rings. The van der Waals surface area contributed by atoms with Crippen molar-refractivity contribution in [3.05, 3.63) is 261 Å². The van der Waals surface area contributed by atoms with E-state index in [1.807, 2.05) is 0 Å². The third-order valence-corrected chi connectivity index (χ3v) is 13.0. The highest BCUT2D eigenvalue weighted by Gasteiger charge is 2.21. The lowest BCUT2D eigenvalue weighted by Gasteiger charge is -2.29. The van der Waals surface area contributed by atoms with Gasteiger partial charge in [-0.2, -0.15) is 0 Å². The van der Waals surface area contributed by atoms with Crippen molar-refractivity contribution in [2.24, 2.45) is 0 Å². The first-order valence-electron chi connectivity index (χ1n) is 22.4. The van der Waals surface area contributed by atoms with Crippen LogP contribution in [-0.2, 0) is 0 Å². The van der Waals surface area contributed by atoms with Crippen LogP contribution < -0.4 is 4.90 Å². The molecule has 0 heterocycles. The molecular weight excluding hydrogens is 783 g/mol. The first kappa shape index (κ1) is 38.2. The second kappa shape index (κ2) is 16.3. The Morgan fingerprint density at radius 1 is 0.215 bits per heavy atom. The topological polar surface area (TPSA) is 3.24 Å². The van der Waals surface area contributed by atoms with Gasteiger partial charge in [0, 0.05) is 16.9 Å². The molecule has 0 radical (unpaired) electrons. The maximum atomic E-state index is 2.43. The summed E-state index contributed by atoms with van der Waals surface area (Å²) in [6.07, 6.45) is 0. The SMILES string of the molecule is c1ccc(-c2c(-c3ccccc3)c3cc(-c4ccccc4N(c4ccc(-c5ccc6ccccc6c5)cc4)c4cccc(-c5ccc6ccccc6c5)c4)ccc3c3ccccc23)cc1. The lowest BCUT2D eigenvalue weighted by atomic mass is 9.84. The molecule has 0 aliphatic rings. The summed E-state index contributed by atoms with van der Waals surface area (Å²) in [5, 5.41) is 9.93. The van der Waals surface area contributed by atoms with Gasteiger partial charge < -0.3 is 4.90 Å². The van der Waals surface area contributed by atoms with Gasteiger partial charge in [0.15, 0.2) is 0 Å². The second-order valence-corrected chi connectivity index (χ2v) is 16.9. The monoisotopic (exact) mass is 825 g/mol. The average Bonchev–Trinajstić information content (AvgIpc) is 3.39. The van der Waals surface area contributed by atoms with Crippen molar-refractivity contribution >= 4 is 60.2 Å². The molecule has 0 saturated heterocycles. The standard InChI is InChI=1S/C64H43N/c1-3-18-47(19-4-1)63-60-28-12-11-27-58(60)59-39-36-54(43-61(59)64(63)48-20-5-2-6-21-48)57-26-13-14-29-62(57)65(55-37-34-46(35-38-55)52-32-30-44-16-7-9-22-49(44)40-52)56-25-15-24-51(42-56)53-33-31-45-17-8-10-23-50(45)41-53/h1-43H. The van der Waals surface area contributed by atoms with E-state index in [4.69, 9.17) is 0 Å². The number of hydrogen-bond donors (Lipinski definition) is 0. The van der Waals surface area contributed by atoms with Gasteiger partial charge in [0.1, 0.15) is 0 Å². The third kappa shape index (κ3) is 7.01. The van der Waals surface area contributed by atoms with Crippen LogP contribution in [0.3, 0.4) is 0 Å². The first-order chi connectivity index (χ1) is 32.2. The van der Waals surface area contributed by atoms with Gasteiger partial charge in [0.2, 0.25) is 0 Å². The van der Waals surface area contributed by atoms with Gasteiger partial charge in [-0.15, -0.1) is 0 Å². The van der Waals surface area contributed by atoms with E-state index in [2.05, 4.69) is 266 Å². The Morgan fingerprint density at radius 3 is 1.37 bits per heavy atom. The van der Waals surface area contributed by atoms with Crippen molar-refractivity contribution < 1.29 is 0 Å². The molecule has 0 aromatic heterocycles. The molecule has 0 aliphatic heterocycles. The molecule has 12 rings (SSSR count). The van der Waals surface area contributed by atoms with E-state index in [0.29, 0.717) is 0 Å². The maximum Gasteiger partial charge on any atom is 0.0540 e. The Balaban J connectivity index is 1.06. The summed E-state index contributed by atoms with van der Waals surface area (Å²) in [4.78, 5) is 2.43. The predicted octanol–water partition coefficient (Wildman–Crippen LogP) is 18.1. The molecule has 0 unspecified atom stereocenters. The van der Waals surface area contributed by atoms with E-state index >= 15 is 0 Å². The highest BCUT2D eigenvalue weighted by Crippen LogP contribution is 2.48. The van der Waals surface area contributed by atoms with Crippen LogP contribution in [0, 0.1) is 0 Å². The molecule has 12 aromatic carbocycles. The molecule has 0 amide bonds. The molecule has 0 fully saturated rings. The van der Waals surface area contributed by atoms with Gasteiger partial charge in [-0.25, -0.2) is 0 Å². The number of rotatable bonds is 8. The van der Waals surface area contributed by atoms with Crippen molar-refractivity contribution in [1.29, 1.82) is 0 Å². The van der Waals surface area contributed by atoms with Crippen LogP contribution in [0.25, 0.3) is 98.7 Å². The summed E-state index contributed by atoms with van der Waals surface area (Å²) in [6, 6.07) is 95.4. The number of anilines is 3. The highest BCUT2D eigenvalue weighted by molar-refractivity contribution is 6.22. The predicted molar refractivity (Wildman–Crippen MR) is 278 cm³/mol. The van der Waals surface area contributed by atoms with E-state index in [1.165, 1.54) is 87.6 Å². The minimum atomic E-state index is 1.08. The van der Waals surface area contributed by atoms with Crippen LogP contribution in [-0.4, -0.2) is 0 Å². The second-order valence-electron chi connectivity index (χ2n) is 16.9. The van der Waals surface area contributed by atoms with E-state index in [9.17, 15) is 0 Å². The van der Waals surface area contributed by atoms with Crippen LogP contribution in [0.1, 0.15) is 0 Å². The maximum absolute atomic E-state index is 2.43. The zero-order valence-corrected chi connectivity index (χ0v) is 35.8. The molecule has 0 spiro atoms. The smallest absolute Gasteiger partial charge is 0.0540 e. The number of fused-ring (bicyclic) bond motifs is 5. The molecule has 304 valence electrons. The Morgan fingerprint density at radius 2 is 0.692 bits per heavy atom. The largest absolute Gasteiger partial charge is 0.310 e. The number of para-hydroxylation sites is 1. The molecule has 0 bridgehead atoms. The number of benzene rings is 12. The lowest BCUT2D eigenvalue weighted by Crippen LogP contribution is -2.11. The van der Waals surface area contributed by atoms with Crippen molar-refractivity contribution in [1.82, 2.24) is 0 Å². The number of hydrogen-bond acceptors (Lipinski definition) is 1. The number of nitrogens with zero attached hydrogens (tertiary/aromatic N) is 1. The zero-order chi connectivity index (χ0) is 43.1. The molecule has 65 heavy (non-hydrogen) atoms. The van der Waals surface area contributed by atoms with Gasteiger partial charge in [-0.05, 0) is 142 Å². The molecule has 0 atom stereocenters. The molecule has 1 heteroatoms. The molecular formula is C64H43N. The normalized spacial score (nSPS) is 11.4. The Hall–Kier alpha value is -8.52. The fourth-order valence-corrected chi connectivity index (χ4v) is 9.87. The van der Waals surface area contributed by atoms with Crippen LogP contribution in [0.15, 0.2) is 261 Å². The van der Waals surface area contributed by atoms with Crippen molar-refractivity contribution in [3.63, 3.8) is 0 Å². The minimum Gasteiger partial charge on any atom is -0.310 e. The van der Waals surface area contributed by atoms with Gasteiger partial charge >= 0.3 is 0 Å². The quantitative estimate of drug-likeness (QED) is 0.138. The summed E-state index contributed by atoms with van der Waals surface area (Å²) in [5.41, 5.74) is 15.2. The van der Waals surface area contributed by atoms with Crippen LogP contribution in [0.5, 0.6) is 0 Å². The van der Waals surface area contributed by atoms with E-state index in [1.54, 1.807) is 0 Å². The Kier molecular flexibility index (Phi) is 9.58. The lowest BCUT2D eigenvalue weighted by molar-refractivity contribution is 1.28. The Bertz CT molecular complexity index is 3700. The highest BCUT2D eigenvalue weighted by atomic mass is 15.1. The zero-order valence-electron chi connectivity index (χ0n) is 35.8. The first-order valence-corrected chi connectivity index (χ1v) is 22.4. The summed E-state index contributed by atoms with van der Waals surface area (Å²) >= 11 is 0. The van der Waals surface area contributed by atoms with E-state index in [-0.39, 0.29) is 0 Å². The summed E-state index contributed by atoms with van der Waals surface area (Å²) in [7, 11) is 0. The average molecular weight is 826 g/mol. The fourth-order valence-electron chi connectivity index (χ4n) is 9.87. The van der Waals surface area contributed by atoms with Crippen LogP contribution >= 0.6 is 0 Å². The van der Waals surface area contributed by atoms with Crippen molar-refractivity contribution in [2.75, 3.05) is 4.90 Å². The van der Waals surface area contributed by atoms with E-state index in [0.717, 1.165) is 28.2 Å². The molecule has 1 nitrogen and oxygen atoms in total. The van der Waals surface area contributed by atoms with Crippen molar-refractivity contribution in [2.45, 2.75) is 0 Å². The Labute approximate surface area is 379 Å². The summed E-state index contributed by atoms with van der Waals surface area (Å²) in [5.74, 6) is 0. The van der Waals surface area contributed by atoms with Crippen molar-refractivity contribution in [3.8, 4) is 55.6 Å². The third-order valence-electron chi connectivity index (χ3n) is 13.0. The van der Waals surface area contributed by atoms with Gasteiger partial charge in [-0.1, -0.05) is 212 Å². The summed E-state index contributed by atoms with van der Waals surface area (Å²) in [6.45, 7) is 0. The van der Waals surface area contributed by atoms with Crippen LogP contribution in [0.2, 0.25) is 0 Å². The van der Waals surface area contributed by atoms with E-state index < -0.39 is 0 Å². The minimum absolute atomic E-state index is 1.08. The fraction of sp³-hybridized carbons (Fsp3) is 0. The molecule has 0 N–H and O–H groups in total. The molecule has 0 saturated carbocycles. The van der Waals surface area contributed by atoms with Gasteiger partial charge in [0.25, 0.3) is 0 Å². The van der Waals surface area contributed by atoms with Gasteiger partial charge in [0.05, 0.1) is 5.69 Å².